The zero-order chi connectivity index (χ0) is 13.9. The molecule has 0 aliphatic carbocycles. The Balaban J connectivity index is 2.03. The predicted molar refractivity (Wildman–Crippen MR) is 74.3 cm³/mol. The Labute approximate surface area is 114 Å². The topological polar surface area (TPSA) is 54.5 Å². The summed E-state index contributed by atoms with van der Waals surface area (Å²) in [4.78, 5) is 17.9. The second-order valence-corrected chi connectivity index (χ2v) is 5.51. The molecular formula is C14H21N3O2. The Morgan fingerprint density at radius 3 is 2.89 bits per heavy atom. The molecule has 1 aliphatic rings. The van der Waals surface area contributed by atoms with Crippen LogP contribution in [0.1, 0.15) is 19.4 Å². The Morgan fingerprint density at radius 1 is 1.53 bits per heavy atom. The predicted octanol–water partition coefficient (Wildman–Crippen LogP) is 0.985. The minimum absolute atomic E-state index is 0.102. The molecule has 5 heteroatoms. The molecule has 0 amide bonds. The van der Waals surface area contributed by atoms with Crippen LogP contribution in [-0.4, -0.2) is 43.2 Å². The molecule has 0 radical (unpaired) electrons. The number of hydrogen-bond acceptors (Lipinski definition) is 5. The minimum atomic E-state index is -0.238. The van der Waals surface area contributed by atoms with Crippen LogP contribution in [0.5, 0.6) is 0 Å². The molecular weight excluding hydrogens is 242 g/mol. The van der Waals surface area contributed by atoms with E-state index >= 15 is 0 Å². The van der Waals surface area contributed by atoms with E-state index in [2.05, 4.69) is 33.8 Å². The number of esters is 1. The van der Waals surface area contributed by atoms with E-state index in [4.69, 9.17) is 0 Å². The third-order valence-corrected chi connectivity index (χ3v) is 3.28. The Bertz CT molecular complexity index is 443. The van der Waals surface area contributed by atoms with Crippen molar-refractivity contribution >= 4 is 11.8 Å². The van der Waals surface area contributed by atoms with Crippen molar-refractivity contribution in [1.82, 2.24) is 10.3 Å². The number of nitrogens with zero attached hydrogens (tertiary/aromatic N) is 2. The lowest BCUT2D eigenvalue weighted by Gasteiger charge is -2.39. The molecule has 2 rings (SSSR count). The van der Waals surface area contributed by atoms with Gasteiger partial charge in [-0.1, -0.05) is 6.07 Å². The minimum Gasteiger partial charge on any atom is -0.469 e. The average molecular weight is 263 g/mol. The molecule has 1 N–H and O–H groups in total. The van der Waals surface area contributed by atoms with Gasteiger partial charge in [0.2, 0.25) is 0 Å². The fourth-order valence-electron chi connectivity index (χ4n) is 2.28. The number of carbonyl (C=O) groups excluding carboxylic acids is 1. The zero-order valence-corrected chi connectivity index (χ0v) is 11.8. The largest absolute Gasteiger partial charge is 0.469 e. The fraction of sp³-hybridized carbons (Fsp3) is 0.571. The maximum atomic E-state index is 11.2. The van der Waals surface area contributed by atoms with E-state index in [0.717, 1.165) is 31.0 Å². The molecule has 1 saturated heterocycles. The van der Waals surface area contributed by atoms with E-state index in [-0.39, 0.29) is 17.9 Å². The summed E-state index contributed by atoms with van der Waals surface area (Å²) >= 11 is 0. The van der Waals surface area contributed by atoms with Crippen molar-refractivity contribution in [2.75, 3.05) is 31.6 Å². The summed E-state index contributed by atoms with van der Waals surface area (Å²) in [5.41, 5.74) is 0.981. The summed E-state index contributed by atoms with van der Waals surface area (Å²) in [6, 6.07) is 3.91. The standard InChI is InChI=1S/C14H21N3O2/c1-14(2)10-17(7-6-16-14)12-5-4-11(9-15-12)8-13(18)19-3/h4-5,9,16H,6-8,10H2,1-3H3. The van der Waals surface area contributed by atoms with Gasteiger partial charge in [-0.05, 0) is 25.5 Å². The second kappa shape index (κ2) is 5.57. The molecule has 0 atom stereocenters. The number of nitrogens with one attached hydrogen (secondary N) is 1. The summed E-state index contributed by atoms with van der Waals surface area (Å²) < 4.78 is 4.64. The number of pyridine rings is 1. The van der Waals surface area contributed by atoms with Gasteiger partial charge in [-0.25, -0.2) is 4.98 Å². The van der Waals surface area contributed by atoms with E-state index in [0.29, 0.717) is 0 Å². The zero-order valence-electron chi connectivity index (χ0n) is 11.8. The first-order chi connectivity index (χ1) is 9.00. The van der Waals surface area contributed by atoms with Gasteiger partial charge >= 0.3 is 5.97 Å². The Hall–Kier alpha value is -1.62. The van der Waals surface area contributed by atoms with Gasteiger partial charge in [-0.2, -0.15) is 0 Å². The maximum absolute atomic E-state index is 11.2. The van der Waals surface area contributed by atoms with Gasteiger partial charge in [0, 0.05) is 31.4 Å². The van der Waals surface area contributed by atoms with Gasteiger partial charge in [-0.3, -0.25) is 4.79 Å². The van der Waals surface area contributed by atoms with Crippen molar-refractivity contribution in [3.63, 3.8) is 0 Å². The third kappa shape index (κ3) is 3.67. The number of rotatable bonds is 3. The first-order valence-electron chi connectivity index (χ1n) is 6.52. The summed E-state index contributed by atoms with van der Waals surface area (Å²) in [6.45, 7) is 7.21. The number of piperazine rings is 1. The smallest absolute Gasteiger partial charge is 0.310 e. The fourth-order valence-corrected chi connectivity index (χ4v) is 2.28. The summed E-state index contributed by atoms with van der Waals surface area (Å²) in [5, 5.41) is 3.47. The number of methoxy groups -OCH3 is 1. The van der Waals surface area contributed by atoms with E-state index in [9.17, 15) is 4.79 Å². The lowest BCUT2D eigenvalue weighted by atomic mass is 10.0. The van der Waals surface area contributed by atoms with Crippen LogP contribution < -0.4 is 10.2 Å². The summed E-state index contributed by atoms with van der Waals surface area (Å²) in [5.74, 6) is 0.723. The van der Waals surface area contributed by atoms with Crippen molar-refractivity contribution in [1.29, 1.82) is 0 Å². The molecule has 2 heterocycles. The van der Waals surface area contributed by atoms with Crippen LogP contribution in [0.3, 0.4) is 0 Å². The van der Waals surface area contributed by atoms with Gasteiger partial charge in [0.25, 0.3) is 0 Å². The van der Waals surface area contributed by atoms with Crippen molar-refractivity contribution in [3.05, 3.63) is 23.9 Å². The van der Waals surface area contributed by atoms with E-state index in [1.54, 1.807) is 6.20 Å². The van der Waals surface area contributed by atoms with Gasteiger partial charge in [0.1, 0.15) is 5.82 Å². The molecule has 0 spiro atoms. The maximum Gasteiger partial charge on any atom is 0.310 e. The highest BCUT2D eigenvalue weighted by atomic mass is 16.5. The summed E-state index contributed by atoms with van der Waals surface area (Å²) in [6.07, 6.45) is 2.03. The van der Waals surface area contributed by atoms with Crippen LogP contribution in [-0.2, 0) is 16.0 Å². The Kier molecular flexibility index (Phi) is 4.04. The van der Waals surface area contributed by atoms with E-state index < -0.39 is 0 Å². The van der Waals surface area contributed by atoms with Gasteiger partial charge in [0.15, 0.2) is 0 Å². The average Bonchev–Trinajstić information content (AvgIpc) is 2.38. The lowest BCUT2D eigenvalue weighted by Crippen LogP contribution is -2.57. The number of carbonyl (C=O) groups is 1. The van der Waals surface area contributed by atoms with Crippen LogP contribution >= 0.6 is 0 Å². The van der Waals surface area contributed by atoms with Crippen LogP contribution in [0.15, 0.2) is 18.3 Å². The number of aromatic nitrogens is 1. The highest BCUT2D eigenvalue weighted by molar-refractivity contribution is 5.72. The molecule has 0 aromatic carbocycles. The molecule has 1 aliphatic heterocycles. The molecule has 1 aromatic heterocycles. The normalized spacial score (nSPS) is 18.2. The van der Waals surface area contributed by atoms with Crippen molar-refractivity contribution in [3.8, 4) is 0 Å². The monoisotopic (exact) mass is 263 g/mol. The van der Waals surface area contributed by atoms with Crippen LogP contribution in [0.25, 0.3) is 0 Å². The third-order valence-electron chi connectivity index (χ3n) is 3.28. The van der Waals surface area contributed by atoms with Gasteiger partial charge in [0.05, 0.1) is 13.5 Å². The lowest BCUT2D eigenvalue weighted by molar-refractivity contribution is -0.139. The SMILES string of the molecule is COC(=O)Cc1ccc(N2CCNC(C)(C)C2)nc1. The summed E-state index contributed by atoms with van der Waals surface area (Å²) in [7, 11) is 1.40. The highest BCUT2D eigenvalue weighted by Gasteiger charge is 2.26. The number of anilines is 1. The molecule has 1 aromatic rings. The molecule has 0 saturated carbocycles. The number of ether oxygens (including phenoxy) is 1. The van der Waals surface area contributed by atoms with Crippen molar-refractivity contribution in [2.24, 2.45) is 0 Å². The molecule has 104 valence electrons. The molecule has 0 unspecified atom stereocenters. The Morgan fingerprint density at radius 2 is 2.32 bits per heavy atom. The molecule has 0 bridgehead atoms. The van der Waals surface area contributed by atoms with Crippen LogP contribution in [0.2, 0.25) is 0 Å². The highest BCUT2D eigenvalue weighted by Crippen LogP contribution is 2.18. The first kappa shape index (κ1) is 13.8. The molecule has 19 heavy (non-hydrogen) atoms. The molecule has 1 fully saturated rings. The van der Waals surface area contributed by atoms with Gasteiger partial charge < -0.3 is 15.0 Å². The second-order valence-electron chi connectivity index (χ2n) is 5.51. The molecule has 5 nitrogen and oxygen atoms in total. The van der Waals surface area contributed by atoms with Crippen molar-refractivity contribution in [2.45, 2.75) is 25.8 Å². The van der Waals surface area contributed by atoms with E-state index in [1.165, 1.54) is 7.11 Å². The first-order valence-corrected chi connectivity index (χ1v) is 6.52. The number of hydrogen-bond donors (Lipinski definition) is 1. The van der Waals surface area contributed by atoms with Crippen LogP contribution in [0.4, 0.5) is 5.82 Å². The van der Waals surface area contributed by atoms with E-state index in [1.807, 2.05) is 12.1 Å². The van der Waals surface area contributed by atoms with Gasteiger partial charge in [-0.15, -0.1) is 0 Å². The quantitative estimate of drug-likeness (QED) is 0.824. The van der Waals surface area contributed by atoms with Crippen molar-refractivity contribution < 1.29 is 9.53 Å². The van der Waals surface area contributed by atoms with Crippen LogP contribution in [0, 0.1) is 0 Å².